The molecule has 1 saturated heterocycles. The fraction of sp³-hybridized carbons (Fsp3) is 0.227. The normalized spacial score (nSPS) is 13.8. The molecule has 2 aromatic carbocycles. The number of aromatic nitrogens is 2. The molecule has 2 N–H and O–H groups in total. The molecule has 4 rings (SSSR count). The van der Waals surface area contributed by atoms with Crippen molar-refractivity contribution in [1.29, 1.82) is 0 Å². The topological polar surface area (TPSA) is 78.1 Å². The van der Waals surface area contributed by atoms with Crippen molar-refractivity contribution in [2.45, 2.75) is 6.42 Å². The molecule has 0 atom stereocenters. The van der Waals surface area contributed by atoms with E-state index in [1.54, 1.807) is 24.3 Å². The zero-order valence-electron chi connectivity index (χ0n) is 16.2. The van der Waals surface area contributed by atoms with Crippen LogP contribution < -0.4 is 5.32 Å². The third kappa shape index (κ3) is 4.71. The fourth-order valence-electron chi connectivity index (χ4n) is 3.30. The molecule has 0 saturated carbocycles. The van der Waals surface area contributed by atoms with Gasteiger partial charge in [0, 0.05) is 35.8 Å². The van der Waals surface area contributed by atoms with E-state index in [1.807, 2.05) is 28.8 Å². The standard InChI is InChI=1S/C22H21FN4O2S/c23-17-5-3-16(4-6-17)21-19(14-24-26-21)22(29)25-18-7-1-15(2-8-18)13-20(28)27-9-11-30-12-10-27/h1-8,14H,9-13H2,(H,24,26)(H,25,29). The summed E-state index contributed by atoms with van der Waals surface area (Å²) in [7, 11) is 0. The first kappa shape index (κ1) is 20.2. The maximum atomic E-state index is 13.2. The first-order valence-corrected chi connectivity index (χ1v) is 10.8. The number of nitrogens with zero attached hydrogens (tertiary/aromatic N) is 2. The molecule has 3 aromatic rings. The number of aromatic amines is 1. The second kappa shape index (κ2) is 9.13. The molecule has 6 nitrogen and oxygen atoms in total. The zero-order chi connectivity index (χ0) is 20.9. The number of thioether (sulfide) groups is 1. The minimum absolute atomic E-state index is 0.134. The van der Waals surface area contributed by atoms with Crippen molar-refractivity contribution in [3.8, 4) is 11.3 Å². The molecule has 30 heavy (non-hydrogen) atoms. The number of nitrogens with one attached hydrogen (secondary N) is 2. The molecule has 2 amide bonds. The van der Waals surface area contributed by atoms with Crippen LogP contribution in [0.3, 0.4) is 0 Å². The van der Waals surface area contributed by atoms with Gasteiger partial charge < -0.3 is 10.2 Å². The minimum Gasteiger partial charge on any atom is -0.341 e. The highest BCUT2D eigenvalue weighted by atomic mass is 32.2. The van der Waals surface area contributed by atoms with Crippen molar-refractivity contribution in [3.05, 3.63) is 71.7 Å². The van der Waals surface area contributed by atoms with Gasteiger partial charge in [-0.2, -0.15) is 16.9 Å². The van der Waals surface area contributed by atoms with Crippen molar-refractivity contribution in [2.75, 3.05) is 29.9 Å². The summed E-state index contributed by atoms with van der Waals surface area (Å²) in [5.41, 5.74) is 3.09. The van der Waals surface area contributed by atoms with Crippen molar-refractivity contribution in [3.63, 3.8) is 0 Å². The molecule has 2 heterocycles. The molecule has 1 aromatic heterocycles. The van der Waals surface area contributed by atoms with Gasteiger partial charge in [-0.05, 0) is 42.0 Å². The van der Waals surface area contributed by atoms with Crippen molar-refractivity contribution in [2.24, 2.45) is 0 Å². The summed E-state index contributed by atoms with van der Waals surface area (Å²) in [5, 5.41) is 9.58. The molecule has 1 aliphatic rings. The maximum Gasteiger partial charge on any atom is 0.259 e. The van der Waals surface area contributed by atoms with Gasteiger partial charge >= 0.3 is 0 Å². The van der Waals surface area contributed by atoms with Crippen LogP contribution in [0.15, 0.2) is 54.7 Å². The number of hydrogen-bond donors (Lipinski definition) is 2. The Kier molecular flexibility index (Phi) is 6.13. The van der Waals surface area contributed by atoms with Gasteiger partial charge in [-0.15, -0.1) is 0 Å². The average Bonchev–Trinajstić information content (AvgIpc) is 3.26. The number of amides is 2. The quantitative estimate of drug-likeness (QED) is 0.656. The van der Waals surface area contributed by atoms with Crippen molar-refractivity contribution < 1.29 is 14.0 Å². The zero-order valence-corrected chi connectivity index (χ0v) is 17.0. The Morgan fingerprint density at radius 1 is 1.07 bits per heavy atom. The first-order chi connectivity index (χ1) is 14.6. The summed E-state index contributed by atoms with van der Waals surface area (Å²) in [6.07, 6.45) is 1.80. The molecule has 1 aliphatic heterocycles. The van der Waals surface area contributed by atoms with Gasteiger partial charge in [-0.3, -0.25) is 14.7 Å². The highest BCUT2D eigenvalue weighted by molar-refractivity contribution is 7.99. The van der Waals surface area contributed by atoms with Gasteiger partial charge in [0.25, 0.3) is 5.91 Å². The Balaban J connectivity index is 1.40. The van der Waals surface area contributed by atoms with Gasteiger partial charge in [0.05, 0.1) is 23.9 Å². The number of anilines is 1. The number of halogens is 1. The van der Waals surface area contributed by atoms with Crippen LogP contribution in [0, 0.1) is 5.82 Å². The summed E-state index contributed by atoms with van der Waals surface area (Å²) in [5.74, 6) is 1.45. The number of H-pyrrole nitrogens is 1. The lowest BCUT2D eigenvalue weighted by molar-refractivity contribution is -0.130. The molecule has 0 radical (unpaired) electrons. The molecular formula is C22H21FN4O2S. The minimum atomic E-state index is -0.345. The monoisotopic (exact) mass is 424 g/mol. The second-order valence-electron chi connectivity index (χ2n) is 6.99. The van der Waals surface area contributed by atoms with Gasteiger partial charge in [0.1, 0.15) is 5.82 Å². The lowest BCUT2D eigenvalue weighted by atomic mass is 10.1. The molecule has 0 aliphatic carbocycles. The highest BCUT2D eigenvalue weighted by Gasteiger charge is 2.18. The van der Waals surface area contributed by atoms with Crippen LogP contribution in [-0.2, 0) is 11.2 Å². The van der Waals surface area contributed by atoms with Crippen LogP contribution in [0.1, 0.15) is 15.9 Å². The largest absolute Gasteiger partial charge is 0.341 e. The number of hydrogen-bond acceptors (Lipinski definition) is 4. The number of carbonyl (C=O) groups is 2. The van der Waals surface area contributed by atoms with E-state index in [0.29, 0.717) is 28.9 Å². The van der Waals surface area contributed by atoms with E-state index in [-0.39, 0.29) is 17.6 Å². The maximum absolute atomic E-state index is 13.2. The van der Waals surface area contributed by atoms with E-state index in [1.165, 1.54) is 18.3 Å². The van der Waals surface area contributed by atoms with Crippen LogP contribution in [0.4, 0.5) is 10.1 Å². The Labute approximate surface area is 177 Å². The molecule has 0 bridgehead atoms. The van der Waals surface area contributed by atoms with Crippen LogP contribution in [-0.4, -0.2) is 51.5 Å². The second-order valence-corrected chi connectivity index (χ2v) is 8.21. The average molecular weight is 425 g/mol. The van der Waals surface area contributed by atoms with Gasteiger partial charge in [0.2, 0.25) is 5.91 Å². The van der Waals surface area contributed by atoms with E-state index in [2.05, 4.69) is 15.5 Å². The summed E-state index contributed by atoms with van der Waals surface area (Å²) >= 11 is 1.87. The van der Waals surface area contributed by atoms with Crippen LogP contribution >= 0.6 is 11.8 Å². The lowest BCUT2D eigenvalue weighted by Crippen LogP contribution is -2.38. The Hall–Kier alpha value is -3.13. The van der Waals surface area contributed by atoms with Crippen LogP contribution in [0.2, 0.25) is 0 Å². The molecule has 154 valence electrons. The third-order valence-electron chi connectivity index (χ3n) is 4.95. The van der Waals surface area contributed by atoms with Gasteiger partial charge in [-0.25, -0.2) is 4.39 Å². The van der Waals surface area contributed by atoms with Gasteiger partial charge in [0.15, 0.2) is 0 Å². The summed E-state index contributed by atoms with van der Waals surface area (Å²) in [6, 6.07) is 13.1. The molecule has 0 unspecified atom stereocenters. The van der Waals surface area contributed by atoms with Crippen LogP contribution in [0.5, 0.6) is 0 Å². The number of rotatable bonds is 5. The van der Waals surface area contributed by atoms with Crippen molar-refractivity contribution in [1.82, 2.24) is 15.1 Å². The highest BCUT2D eigenvalue weighted by Crippen LogP contribution is 2.22. The molecule has 8 heteroatoms. The Morgan fingerprint density at radius 3 is 2.47 bits per heavy atom. The first-order valence-electron chi connectivity index (χ1n) is 9.65. The molecule has 1 fully saturated rings. The number of carbonyl (C=O) groups excluding carboxylic acids is 2. The third-order valence-corrected chi connectivity index (χ3v) is 5.89. The van der Waals surface area contributed by atoms with E-state index in [0.717, 1.165) is 30.2 Å². The van der Waals surface area contributed by atoms with E-state index >= 15 is 0 Å². The van der Waals surface area contributed by atoms with E-state index in [9.17, 15) is 14.0 Å². The Morgan fingerprint density at radius 2 is 1.77 bits per heavy atom. The van der Waals surface area contributed by atoms with Crippen LogP contribution in [0.25, 0.3) is 11.3 Å². The summed E-state index contributed by atoms with van der Waals surface area (Å²) in [6.45, 7) is 1.61. The predicted molar refractivity (Wildman–Crippen MR) is 116 cm³/mol. The van der Waals surface area contributed by atoms with Gasteiger partial charge in [-0.1, -0.05) is 12.1 Å². The molecule has 0 spiro atoms. The number of benzene rings is 2. The fourth-order valence-corrected chi connectivity index (χ4v) is 4.20. The SMILES string of the molecule is O=C(Nc1ccc(CC(=O)N2CCSCC2)cc1)c1cn[nH]c1-c1ccc(F)cc1. The summed E-state index contributed by atoms with van der Waals surface area (Å²) < 4.78 is 13.2. The van der Waals surface area contributed by atoms with E-state index < -0.39 is 0 Å². The molecular weight excluding hydrogens is 403 g/mol. The smallest absolute Gasteiger partial charge is 0.259 e. The predicted octanol–water partition coefficient (Wildman–Crippen LogP) is 3.59. The lowest BCUT2D eigenvalue weighted by Gasteiger charge is -2.26. The van der Waals surface area contributed by atoms with E-state index in [4.69, 9.17) is 0 Å². The summed E-state index contributed by atoms with van der Waals surface area (Å²) in [4.78, 5) is 27.0. The van der Waals surface area contributed by atoms with Crippen molar-refractivity contribution >= 4 is 29.3 Å². The Bertz CT molecular complexity index is 1030.